The Labute approximate surface area is 105 Å². The number of carboxylic acid groups (broad SMARTS) is 1. The minimum absolute atomic E-state index is 0.182. The second-order valence-corrected chi connectivity index (χ2v) is 4.35. The maximum atomic E-state index is 11.6. The standard InChI is InChI=1S/C13H15NO4/c1-18-9-4-2-8(3-5-9)7-14-12(15)10-6-11(10)13(16)17/h2-5,10-11H,6-7H2,1H3,(H,14,15)(H,16,17)/t10-,11-/m0/s1. The lowest BCUT2D eigenvalue weighted by molar-refractivity contribution is -0.140. The number of rotatable bonds is 5. The molecule has 0 saturated heterocycles. The maximum absolute atomic E-state index is 11.6. The van der Waals surface area contributed by atoms with Gasteiger partial charge in [0.15, 0.2) is 0 Å². The van der Waals surface area contributed by atoms with Gasteiger partial charge in [0.25, 0.3) is 0 Å². The fraction of sp³-hybridized carbons (Fsp3) is 0.385. The molecule has 2 N–H and O–H groups in total. The van der Waals surface area contributed by atoms with E-state index in [0.717, 1.165) is 11.3 Å². The van der Waals surface area contributed by atoms with Gasteiger partial charge in [-0.15, -0.1) is 0 Å². The summed E-state index contributed by atoms with van der Waals surface area (Å²) in [5.74, 6) is -1.17. The van der Waals surface area contributed by atoms with Gasteiger partial charge in [0.1, 0.15) is 5.75 Å². The average Bonchev–Trinajstić information content (AvgIpc) is 3.17. The van der Waals surface area contributed by atoms with Crippen molar-refractivity contribution >= 4 is 11.9 Å². The number of aliphatic carboxylic acids is 1. The van der Waals surface area contributed by atoms with E-state index in [1.165, 1.54) is 0 Å². The first-order valence-corrected chi connectivity index (χ1v) is 5.75. The summed E-state index contributed by atoms with van der Waals surface area (Å²) >= 11 is 0. The van der Waals surface area contributed by atoms with E-state index in [-0.39, 0.29) is 11.8 Å². The highest BCUT2D eigenvalue weighted by molar-refractivity contribution is 5.89. The van der Waals surface area contributed by atoms with Crippen molar-refractivity contribution < 1.29 is 19.4 Å². The number of hydrogen-bond donors (Lipinski definition) is 2. The lowest BCUT2D eigenvalue weighted by Gasteiger charge is -2.05. The number of methoxy groups -OCH3 is 1. The van der Waals surface area contributed by atoms with E-state index in [4.69, 9.17) is 9.84 Å². The Bertz CT molecular complexity index is 455. The van der Waals surface area contributed by atoms with Crippen LogP contribution in [0.5, 0.6) is 5.75 Å². The summed E-state index contributed by atoms with van der Waals surface area (Å²) in [7, 11) is 1.59. The van der Waals surface area contributed by atoms with E-state index in [0.29, 0.717) is 13.0 Å². The number of carbonyl (C=O) groups excluding carboxylic acids is 1. The van der Waals surface area contributed by atoms with Crippen LogP contribution in [0.25, 0.3) is 0 Å². The molecule has 2 atom stereocenters. The summed E-state index contributed by atoms with van der Waals surface area (Å²) in [6, 6.07) is 7.36. The Hall–Kier alpha value is -2.04. The van der Waals surface area contributed by atoms with Gasteiger partial charge in [-0.3, -0.25) is 9.59 Å². The van der Waals surface area contributed by atoms with Gasteiger partial charge in [-0.25, -0.2) is 0 Å². The van der Waals surface area contributed by atoms with Crippen LogP contribution in [0.15, 0.2) is 24.3 Å². The molecule has 18 heavy (non-hydrogen) atoms. The summed E-state index contributed by atoms with van der Waals surface area (Å²) in [5, 5.41) is 11.5. The predicted octanol–water partition coefficient (Wildman–Crippen LogP) is 1.03. The van der Waals surface area contributed by atoms with Crippen molar-refractivity contribution in [2.24, 2.45) is 11.8 Å². The third kappa shape index (κ3) is 2.80. The fourth-order valence-electron chi connectivity index (χ4n) is 1.82. The van der Waals surface area contributed by atoms with Gasteiger partial charge in [0.05, 0.1) is 18.9 Å². The zero-order chi connectivity index (χ0) is 13.1. The van der Waals surface area contributed by atoms with Crippen LogP contribution in [0.1, 0.15) is 12.0 Å². The molecule has 5 nitrogen and oxygen atoms in total. The molecule has 0 aromatic heterocycles. The van der Waals surface area contributed by atoms with E-state index in [1.807, 2.05) is 24.3 Å². The van der Waals surface area contributed by atoms with E-state index in [1.54, 1.807) is 7.11 Å². The first-order chi connectivity index (χ1) is 8.61. The van der Waals surface area contributed by atoms with Crippen LogP contribution in [-0.2, 0) is 16.1 Å². The minimum Gasteiger partial charge on any atom is -0.497 e. The smallest absolute Gasteiger partial charge is 0.307 e. The molecule has 0 unspecified atom stereocenters. The van der Waals surface area contributed by atoms with Gasteiger partial charge < -0.3 is 15.2 Å². The number of amides is 1. The van der Waals surface area contributed by atoms with E-state index < -0.39 is 11.9 Å². The largest absolute Gasteiger partial charge is 0.497 e. The first kappa shape index (κ1) is 12.4. The highest BCUT2D eigenvalue weighted by atomic mass is 16.5. The highest BCUT2D eigenvalue weighted by Gasteiger charge is 2.48. The molecule has 1 saturated carbocycles. The molecular weight excluding hydrogens is 234 g/mol. The number of nitrogens with one attached hydrogen (secondary N) is 1. The second-order valence-electron chi connectivity index (χ2n) is 4.35. The monoisotopic (exact) mass is 249 g/mol. The zero-order valence-electron chi connectivity index (χ0n) is 10.1. The fourth-order valence-corrected chi connectivity index (χ4v) is 1.82. The molecule has 1 aliphatic rings. The Morgan fingerprint density at radius 3 is 2.50 bits per heavy atom. The van der Waals surface area contributed by atoms with E-state index in [2.05, 4.69) is 5.32 Å². The second kappa shape index (κ2) is 5.08. The van der Waals surface area contributed by atoms with Gasteiger partial charge in [0, 0.05) is 6.54 Å². The Balaban J connectivity index is 1.81. The normalized spacial score (nSPS) is 21.2. The highest BCUT2D eigenvalue weighted by Crippen LogP contribution is 2.38. The van der Waals surface area contributed by atoms with Crippen LogP contribution in [0.3, 0.4) is 0 Å². The first-order valence-electron chi connectivity index (χ1n) is 5.75. The molecule has 1 fully saturated rings. The molecule has 1 aliphatic carbocycles. The zero-order valence-corrected chi connectivity index (χ0v) is 10.1. The van der Waals surface area contributed by atoms with Crippen LogP contribution < -0.4 is 10.1 Å². The number of hydrogen-bond acceptors (Lipinski definition) is 3. The number of benzene rings is 1. The predicted molar refractivity (Wildman–Crippen MR) is 64.1 cm³/mol. The Morgan fingerprint density at radius 2 is 2.00 bits per heavy atom. The lowest BCUT2D eigenvalue weighted by atomic mass is 10.2. The molecule has 0 aliphatic heterocycles. The summed E-state index contributed by atoms with van der Waals surface area (Å²) in [6.07, 6.45) is 0.448. The summed E-state index contributed by atoms with van der Waals surface area (Å²) < 4.78 is 5.03. The molecular formula is C13H15NO4. The van der Waals surface area contributed by atoms with Gasteiger partial charge in [0.2, 0.25) is 5.91 Å². The Kier molecular flexibility index (Phi) is 3.50. The summed E-state index contributed by atoms with van der Waals surface area (Å²) in [5.41, 5.74) is 0.955. The average molecular weight is 249 g/mol. The molecule has 1 aromatic carbocycles. The van der Waals surface area contributed by atoms with Crippen molar-refractivity contribution in [1.29, 1.82) is 0 Å². The molecule has 2 rings (SSSR count). The molecule has 0 radical (unpaired) electrons. The molecule has 5 heteroatoms. The number of carboxylic acids is 1. The topological polar surface area (TPSA) is 75.6 Å². The van der Waals surface area contributed by atoms with Crippen molar-refractivity contribution in [1.82, 2.24) is 5.32 Å². The van der Waals surface area contributed by atoms with Gasteiger partial charge in [-0.1, -0.05) is 12.1 Å². The van der Waals surface area contributed by atoms with Gasteiger partial charge in [-0.2, -0.15) is 0 Å². The van der Waals surface area contributed by atoms with Crippen molar-refractivity contribution in [3.8, 4) is 5.75 Å². The SMILES string of the molecule is COc1ccc(CNC(=O)[C@H]2C[C@@H]2C(=O)O)cc1. The third-order valence-corrected chi connectivity index (χ3v) is 3.07. The van der Waals surface area contributed by atoms with Crippen LogP contribution in [-0.4, -0.2) is 24.1 Å². The molecule has 0 bridgehead atoms. The molecule has 0 spiro atoms. The van der Waals surface area contributed by atoms with Crippen LogP contribution >= 0.6 is 0 Å². The number of ether oxygens (including phenoxy) is 1. The molecule has 96 valence electrons. The van der Waals surface area contributed by atoms with Crippen molar-refractivity contribution in [2.45, 2.75) is 13.0 Å². The van der Waals surface area contributed by atoms with Crippen LogP contribution in [0, 0.1) is 11.8 Å². The van der Waals surface area contributed by atoms with E-state index >= 15 is 0 Å². The van der Waals surface area contributed by atoms with Crippen molar-refractivity contribution in [2.75, 3.05) is 7.11 Å². The maximum Gasteiger partial charge on any atom is 0.307 e. The van der Waals surface area contributed by atoms with Crippen LogP contribution in [0.4, 0.5) is 0 Å². The van der Waals surface area contributed by atoms with Gasteiger partial charge >= 0.3 is 5.97 Å². The van der Waals surface area contributed by atoms with E-state index in [9.17, 15) is 9.59 Å². The molecule has 1 amide bonds. The molecule has 0 heterocycles. The van der Waals surface area contributed by atoms with Crippen molar-refractivity contribution in [3.63, 3.8) is 0 Å². The Morgan fingerprint density at radius 1 is 1.33 bits per heavy atom. The lowest BCUT2D eigenvalue weighted by Crippen LogP contribution is -2.25. The summed E-state index contributed by atoms with van der Waals surface area (Å²) in [6.45, 7) is 0.408. The quantitative estimate of drug-likeness (QED) is 0.817. The summed E-state index contributed by atoms with van der Waals surface area (Å²) in [4.78, 5) is 22.2. The van der Waals surface area contributed by atoms with Crippen LogP contribution in [0.2, 0.25) is 0 Å². The van der Waals surface area contributed by atoms with Gasteiger partial charge in [-0.05, 0) is 24.1 Å². The van der Waals surface area contributed by atoms with Crippen molar-refractivity contribution in [3.05, 3.63) is 29.8 Å². The minimum atomic E-state index is -0.889. The third-order valence-electron chi connectivity index (χ3n) is 3.07. The molecule has 1 aromatic rings. The number of carbonyl (C=O) groups is 2.